The Morgan fingerprint density at radius 2 is 2.19 bits per heavy atom. The number of ether oxygens (including phenoxy) is 1. The smallest absolute Gasteiger partial charge is 0.244 e. The van der Waals surface area contributed by atoms with Crippen LogP contribution in [-0.2, 0) is 23.1 Å². The fourth-order valence-electron chi connectivity index (χ4n) is 1.70. The molecule has 1 aromatic heterocycles. The molecule has 0 atom stereocenters. The number of benzene rings is 1. The molecule has 0 amide bonds. The van der Waals surface area contributed by atoms with Crippen LogP contribution in [0, 0.1) is 6.92 Å². The Kier molecular flexibility index (Phi) is 4.56. The summed E-state index contributed by atoms with van der Waals surface area (Å²) in [5.41, 5.74) is 6.22. The van der Waals surface area contributed by atoms with E-state index in [1.54, 1.807) is 19.1 Å². The third kappa shape index (κ3) is 3.57. The van der Waals surface area contributed by atoms with E-state index < -0.39 is 10.0 Å². The van der Waals surface area contributed by atoms with Crippen molar-refractivity contribution in [2.45, 2.75) is 24.9 Å². The van der Waals surface area contributed by atoms with Crippen LogP contribution in [0.4, 0.5) is 0 Å². The predicted molar refractivity (Wildman–Crippen MR) is 73.9 cm³/mol. The van der Waals surface area contributed by atoms with Crippen LogP contribution in [0.1, 0.15) is 17.3 Å². The SMILES string of the molecule is COc1ccc(CN)cc1S(=O)(=O)NCc1nc(C)no1. The number of aryl methyl sites for hydroxylation is 1. The molecule has 21 heavy (non-hydrogen) atoms. The fourth-order valence-corrected chi connectivity index (χ4v) is 2.90. The molecule has 2 rings (SSSR count). The highest BCUT2D eigenvalue weighted by Gasteiger charge is 2.20. The summed E-state index contributed by atoms with van der Waals surface area (Å²) in [6.45, 7) is 1.78. The lowest BCUT2D eigenvalue weighted by Gasteiger charge is -2.11. The highest BCUT2D eigenvalue weighted by molar-refractivity contribution is 7.89. The maximum Gasteiger partial charge on any atom is 0.244 e. The van der Waals surface area contributed by atoms with Crippen LogP contribution in [0.25, 0.3) is 0 Å². The van der Waals surface area contributed by atoms with Crippen LogP contribution in [-0.4, -0.2) is 25.7 Å². The van der Waals surface area contributed by atoms with E-state index in [2.05, 4.69) is 14.9 Å². The summed E-state index contributed by atoms with van der Waals surface area (Å²) < 4.78 is 37.0. The first-order valence-corrected chi connectivity index (χ1v) is 7.60. The Morgan fingerprint density at radius 1 is 1.43 bits per heavy atom. The molecule has 0 unspecified atom stereocenters. The van der Waals surface area contributed by atoms with E-state index in [1.165, 1.54) is 13.2 Å². The summed E-state index contributed by atoms with van der Waals surface area (Å²) >= 11 is 0. The summed E-state index contributed by atoms with van der Waals surface area (Å²) in [7, 11) is -2.38. The average molecular weight is 312 g/mol. The van der Waals surface area contributed by atoms with Gasteiger partial charge in [0.05, 0.1) is 13.7 Å². The van der Waals surface area contributed by atoms with E-state index in [0.29, 0.717) is 11.4 Å². The number of sulfonamides is 1. The number of aromatic nitrogens is 2. The number of nitrogens with one attached hydrogen (secondary N) is 1. The third-order valence-electron chi connectivity index (χ3n) is 2.74. The number of nitrogens with two attached hydrogens (primary N) is 1. The summed E-state index contributed by atoms with van der Waals surface area (Å²) in [6.07, 6.45) is 0. The van der Waals surface area contributed by atoms with Gasteiger partial charge in [-0.05, 0) is 24.6 Å². The van der Waals surface area contributed by atoms with Gasteiger partial charge in [0, 0.05) is 6.54 Å². The second-order valence-corrected chi connectivity index (χ2v) is 5.98. The molecular formula is C12H16N4O4S. The number of hydrogen-bond acceptors (Lipinski definition) is 7. The minimum Gasteiger partial charge on any atom is -0.495 e. The standard InChI is InChI=1S/C12H16N4O4S/c1-8-15-12(20-16-8)7-14-21(17,18)11-5-9(6-13)3-4-10(11)19-2/h3-5,14H,6-7,13H2,1-2H3. The first-order valence-electron chi connectivity index (χ1n) is 6.12. The minimum atomic E-state index is -3.78. The maximum absolute atomic E-state index is 12.3. The second-order valence-electron chi connectivity index (χ2n) is 4.25. The van der Waals surface area contributed by atoms with Gasteiger partial charge in [-0.3, -0.25) is 0 Å². The van der Waals surface area contributed by atoms with E-state index in [9.17, 15) is 8.42 Å². The molecule has 0 fully saturated rings. The van der Waals surface area contributed by atoms with E-state index >= 15 is 0 Å². The van der Waals surface area contributed by atoms with Crippen LogP contribution >= 0.6 is 0 Å². The Labute approximate surface area is 122 Å². The molecule has 0 bridgehead atoms. The van der Waals surface area contributed by atoms with Crippen LogP contribution in [0.2, 0.25) is 0 Å². The lowest BCUT2D eigenvalue weighted by molar-refractivity contribution is 0.371. The molecule has 0 aliphatic heterocycles. The maximum atomic E-state index is 12.3. The van der Waals surface area contributed by atoms with Gasteiger partial charge in [-0.15, -0.1) is 0 Å². The monoisotopic (exact) mass is 312 g/mol. The number of hydrogen-bond donors (Lipinski definition) is 2. The molecule has 0 radical (unpaired) electrons. The van der Waals surface area contributed by atoms with Crippen molar-refractivity contribution in [1.29, 1.82) is 0 Å². The zero-order valence-corrected chi connectivity index (χ0v) is 12.5. The number of methoxy groups -OCH3 is 1. The van der Waals surface area contributed by atoms with Gasteiger partial charge in [0.1, 0.15) is 10.6 Å². The first-order chi connectivity index (χ1) is 9.96. The molecule has 3 N–H and O–H groups in total. The van der Waals surface area contributed by atoms with Crippen LogP contribution in [0.5, 0.6) is 5.75 Å². The van der Waals surface area contributed by atoms with Crippen LogP contribution < -0.4 is 15.2 Å². The second kappa shape index (κ2) is 6.20. The largest absolute Gasteiger partial charge is 0.495 e. The van der Waals surface area contributed by atoms with Gasteiger partial charge in [-0.2, -0.15) is 4.98 Å². The number of rotatable bonds is 6. The molecule has 114 valence electrons. The van der Waals surface area contributed by atoms with Crippen molar-refractivity contribution in [2.75, 3.05) is 7.11 Å². The van der Waals surface area contributed by atoms with Crippen molar-refractivity contribution < 1.29 is 17.7 Å². The molecule has 0 aliphatic carbocycles. The first kappa shape index (κ1) is 15.4. The van der Waals surface area contributed by atoms with Crippen LogP contribution in [0.15, 0.2) is 27.6 Å². The third-order valence-corrected chi connectivity index (χ3v) is 4.16. The summed E-state index contributed by atoms with van der Waals surface area (Å²) in [6, 6.07) is 4.74. The summed E-state index contributed by atoms with van der Waals surface area (Å²) in [5, 5.41) is 3.59. The van der Waals surface area contributed by atoms with Gasteiger partial charge in [0.25, 0.3) is 0 Å². The summed E-state index contributed by atoms with van der Waals surface area (Å²) in [5.74, 6) is 0.860. The van der Waals surface area contributed by atoms with Crippen molar-refractivity contribution in [2.24, 2.45) is 5.73 Å². The van der Waals surface area contributed by atoms with Gasteiger partial charge < -0.3 is 15.0 Å². The molecular weight excluding hydrogens is 296 g/mol. The van der Waals surface area contributed by atoms with Crippen molar-refractivity contribution in [3.63, 3.8) is 0 Å². The van der Waals surface area contributed by atoms with Gasteiger partial charge in [-0.25, -0.2) is 13.1 Å². The van der Waals surface area contributed by atoms with Gasteiger partial charge in [0.2, 0.25) is 15.9 Å². The molecule has 8 nitrogen and oxygen atoms in total. The van der Waals surface area contributed by atoms with E-state index in [0.717, 1.165) is 0 Å². The van der Waals surface area contributed by atoms with E-state index in [4.69, 9.17) is 15.0 Å². The molecule has 1 aromatic carbocycles. The van der Waals surface area contributed by atoms with Crippen molar-refractivity contribution in [3.05, 3.63) is 35.5 Å². The highest BCUT2D eigenvalue weighted by Crippen LogP contribution is 2.24. The Morgan fingerprint density at radius 3 is 2.76 bits per heavy atom. The predicted octanol–water partition coefficient (Wildman–Crippen LogP) is 0.324. The van der Waals surface area contributed by atoms with E-state index in [1.807, 2.05) is 0 Å². The topological polar surface area (TPSA) is 120 Å². The number of nitrogens with zero attached hydrogens (tertiary/aromatic N) is 2. The van der Waals surface area contributed by atoms with Crippen molar-refractivity contribution in [1.82, 2.24) is 14.9 Å². The van der Waals surface area contributed by atoms with Gasteiger partial charge in [0.15, 0.2) is 5.82 Å². The van der Waals surface area contributed by atoms with Gasteiger partial charge >= 0.3 is 0 Å². The lowest BCUT2D eigenvalue weighted by atomic mass is 10.2. The quantitative estimate of drug-likeness (QED) is 0.788. The highest BCUT2D eigenvalue weighted by atomic mass is 32.2. The molecule has 2 aromatic rings. The molecule has 0 aliphatic rings. The lowest BCUT2D eigenvalue weighted by Crippen LogP contribution is -2.24. The van der Waals surface area contributed by atoms with Gasteiger partial charge in [-0.1, -0.05) is 11.2 Å². The molecule has 1 heterocycles. The average Bonchev–Trinajstić information content (AvgIpc) is 2.90. The Bertz CT molecular complexity index is 727. The zero-order valence-electron chi connectivity index (χ0n) is 11.7. The van der Waals surface area contributed by atoms with Crippen molar-refractivity contribution in [3.8, 4) is 5.75 Å². The Balaban J connectivity index is 2.26. The normalized spacial score (nSPS) is 11.6. The Hall–Kier alpha value is -1.97. The molecule has 0 saturated heterocycles. The fraction of sp³-hybridized carbons (Fsp3) is 0.333. The van der Waals surface area contributed by atoms with Crippen LogP contribution in [0.3, 0.4) is 0 Å². The molecule has 0 spiro atoms. The minimum absolute atomic E-state index is 0.0178. The summed E-state index contributed by atoms with van der Waals surface area (Å²) in [4.78, 5) is 3.95. The molecule has 9 heteroatoms. The van der Waals surface area contributed by atoms with Crippen molar-refractivity contribution >= 4 is 10.0 Å². The van der Waals surface area contributed by atoms with E-state index in [-0.39, 0.29) is 29.6 Å². The molecule has 0 saturated carbocycles. The zero-order chi connectivity index (χ0) is 15.5.